The zero-order valence-corrected chi connectivity index (χ0v) is 15.5. The third-order valence-electron chi connectivity index (χ3n) is 4.15. The number of benzene rings is 1. The van der Waals surface area contributed by atoms with Crippen LogP contribution in [0.15, 0.2) is 23.1 Å². The quantitative estimate of drug-likeness (QED) is 0.769. The molecule has 1 aromatic carbocycles. The summed E-state index contributed by atoms with van der Waals surface area (Å²) in [4.78, 5) is 14.6. The first-order valence-electron chi connectivity index (χ1n) is 7.60. The minimum atomic E-state index is -3.87. The Hall–Kier alpha value is -1.35. The van der Waals surface area contributed by atoms with Crippen LogP contribution in [-0.4, -0.2) is 52.0 Å². The number of primary sulfonamides is 1. The maximum absolute atomic E-state index is 12.4. The van der Waals surface area contributed by atoms with Gasteiger partial charge in [0.05, 0.1) is 17.6 Å². The average molecular weight is 378 g/mol. The lowest BCUT2D eigenvalue weighted by Gasteiger charge is -2.23. The van der Waals surface area contributed by atoms with E-state index in [1.807, 2.05) is 0 Å². The summed E-state index contributed by atoms with van der Waals surface area (Å²) < 4.78 is 28.1. The highest BCUT2D eigenvalue weighted by atomic mass is 35.5. The molecule has 3 N–H and O–H groups in total. The normalized spacial score (nSPS) is 18.0. The second-order valence-corrected chi connectivity index (χ2v) is 7.10. The van der Waals surface area contributed by atoms with Crippen LogP contribution >= 0.6 is 12.4 Å². The smallest absolute Gasteiger partial charge is 0.255 e. The number of amides is 1. The van der Waals surface area contributed by atoms with Gasteiger partial charge < -0.3 is 10.1 Å². The van der Waals surface area contributed by atoms with Crippen LogP contribution in [0.2, 0.25) is 0 Å². The first-order valence-corrected chi connectivity index (χ1v) is 9.14. The average Bonchev–Trinajstić information content (AvgIpc) is 2.98. The van der Waals surface area contributed by atoms with Gasteiger partial charge in [-0.2, -0.15) is 0 Å². The third kappa shape index (κ3) is 4.83. The van der Waals surface area contributed by atoms with Gasteiger partial charge in [-0.1, -0.05) is 6.92 Å². The Labute approximate surface area is 149 Å². The number of rotatable bonds is 6. The van der Waals surface area contributed by atoms with E-state index in [1.165, 1.54) is 25.3 Å². The topological polar surface area (TPSA) is 102 Å². The predicted octanol–water partition coefficient (Wildman–Crippen LogP) is 0.979. The van der Waals surface area contributed by atoms with Crippen LogP contribution in [0.4, 0.5) is 0 Å². The van der Waals surface area contributed by atoms with Gasteiger partial charge >= 0.3 is 0 Å². The van der Waals surface area contributed by atoms with Crippen molar-refractivity contribution < 1.29 is 17.9 Å². The molecule has 24 heavy (non-hydrogen) atoms. The number of nitrogens with zero attached hydrogens (tertiary/aromatic N) is 1. The fourth-order valence-electron chi connectivity index (χ4n) is 2.89. The molecular formula is C15H24ClN3O4S. The summed E-state index contributed by atoms with van der Waals surface area (Å²) in [6.45, 7) is 4.61. The monoisotopic (exact) mass is 377 g/mol. The molecule has 1 atom stereocenters. The lowest BCUT2D eigenvalue weighted by molar-refractivity contribution is 0.0938. The van der Waals surface area contributed by atoms with Gasteiger partial charge in [-0.05, 0) is 44.1 Å². The Morgan fingerprint density at radius 2 is 2.17 bits per heavy atom. The van der Waals surface area contributed by atoms with E-state index < -0.39 is 10.0 Å². The van der Waals surface area contributed by atoms with E-state index in [9.17, 15) is 13.2 Å². The van der Waals surface area contributed by atoms with Crippen molar-refractivity contribution in [3.8, 4) is 5.75 Å². The molecule has 1 unspecified atom stereocenters. The summed E-state index contributed by atoms with van der Waals surface area (Å²) in [6, 6.07) is 4.32. The van der Waals surface area contributed by atoms with E-state index in [-0.39, 0.29) is 28.8 Å². The van der Waals surface area contributed by atoms with Crippen molar-refractivity contribution in [2.45, 2.75) is 30.7 Å². The van der Waals surface area contributed by atoms with Crippen LogP contribution in [0.5, 0.6) is 5.75 Å². The maximum Gasteiger partial charge on any atom is 0.255 e. The summed E-state index contributed by atoms with van der Waals surface area (Å²) in [5.41, 5.74) is 0.167. The number of sulfonamides is 1. The van der Waals surface area contributed by atoms with Gasteiger partial charge in [-0.25, -0.2) is 13.6 Å². The SMILES string of the molecule is CCN1CCCC1CNC(=O)c1cc(S(N)(=O)=O)ccc1OC.Cl. The molecule has 1 aliphatic heterocycles. The van der Waals surface area contributed by atoms with E-state index >= 15 is 0 Å². The number of halogens is 1. The van der Waals surface area contributed by atoms with Gasteiger partial charge in [-0.3, -0.25) is 9.69 Å². The van der Waals surface area contributed by atoms with E-state index in [0.717, 1.165) is 25.9 Å². The molecule has 1 fully saturated rings. The Bertz CT molecular complexity index is 681. The predicted molar refractivity (Wildman–Crippen MR) is 94.2 cm³/mol. The number of methoxy groups -OCH3 is 1. The molecule has 1 aliphatic rings. The van der Waals surface area contributed by atoms with E-state index in [0.29, 0.717) is 18.3 Å². The fraction of sp³-hybridized carbons (Fsp3) is 0.533. The molecule has 0 aromatic heterocycles. The molecule has 9 heteroatoms. The number of likely N-dealkylation sites (N-methyl/N-ethyl adjacent to an activating group) is 1. The zero-order valence-electron chi connectivity index (χ0n) is 13.8. The largest absolute Gasteiger partial charge is 0.496 e. The zero-order chi connectivity index (χ0) is 17.0. The summed E-state index contributed by atoms with van der Waals surface area (Å²) in [5, 5.41) is 7.98. The molecule has 0 aliphatic carbocycles. The summed E-state index contributed by atoms with van der Waals surface area (Å²) in [7, 11) is -2.44. The number of nitrogens with two attached hydrogens (primary N) is 1. The maximum atomic E-state index is 12.4. The summed E-state index contributed by atoms with van der Waals surface area (Å²) >= 11 is 0. The first-order chi connectivity index (χ1) is 10.9. The van der Waals surface area contributed by atoms with Gasteiger partial charge in [0, 0.05) is 12.6 Å². The Kier molecular flexibility index (Phi) is 7.47. The highest BCUT2D eigenvalue weighted by Gasteiger charge is 2.24. The molecule has 0 spiro atoms. The number of carbonyl (C=O) groups excluding carboxylic acids is 1. The van der Waals surface area contributed by atoms with E-state index in [1.54, 1.807) is 0 Å². The molecule has 1 amide bonds. The number of hydrogen-bond acceptors (Lipinski definition) is 5. The van der Waals surface area contributed by atoms with Gasteiger partial charge in [0.25, 0.3) is 5.91 Å². The lowest BCUT2D eigenvalue weighted by Crippen LogP contribution is -2.40. The summed E-state index contributed by atoms with van der Waals surface area (Å²) in [6.07, 6.45) is 2.17. The Morgan fingerprint density at radius 1 is 1.46 bits per heavy atom. The minimum absolute atomic E-state index is 0. The van der Waals surface area contributed by atoms with Crippen molar-refractivity contribution in [2.24, 2.45) is 5.14 Å². The van der Waals surface area contributed by atoms with Crippen molar-refractivity contribution in [1.29, 1.82) is 0 Å². The standard InChI is InChI=1S/C15H23N3O4S.ClH/c1-3-18-8-4-5-11(18)10-17-15(19)13-9-12(23(16,20)21)6-7-14(13)22-2;/h6-7,9,11H,3-5,8,10H2,1-2H3,(H,17,19)(H2,16,20,21);1H. The van der Waals surface area contributed by atoms with Crippen LogP contribution in [-0.2, 0) is 10.0 Å². The van der Waals surface area contributed by atoms with Crippen molar-refractivity contribution in [2.75, 3.05) is 26.7 Å². The van der Waals surface area contributed by atoms with Crippen molar-refractivity contribution in [3.05, 3.63) is 23.8 Å². The lowest BCUT2D eigenvalue weighted by atomic mass is 10.1. The number of likely N-dealkylation sites (tertiary alicyclic amines) is 1. The van der Waals surface area contributed by atoms with Gasteiger partial charge in [0.15, 0.2) is 0 Å². The van der Waals surface area contributed by atoms with Gasteiger partial charge in [-0.15, -0.1) is 12.4 Å². The van der Waals surface area contributed by atoms with Crippen LogP contribution in [0.3, 0.4) is 0 Å². The van der Waals surface area contributed by atoms with Gasteiger partial charge in [0.2, 0.25) is 10.0 Å². The van der Waals surface area contributed by atoms with Crippen molar-refractivity contribution >= 4 is 28.3 Å². The minimum Gasteiger partial charge on any atom is -0.496 e. The first kappa shape index (κ1) is 20.7. The van der Waals surface area contributed by atoms with Crippen LogP contribution in [0.1, 0.15) is 30.1 Å². The molecule has 0 bridgehead atoms. The van der Waals surface area contributed by atoms with E-state index in [4.69, 9.17) is 9.88 Å². The number of hydrogen-bond donors (Lipinski definition) is 2. The number of nitrogens with one attached hydrogen (secondary N) is 1. The third-order valence-corrected chi connectivity index (χ3v) is 5.06. The fourth-order valence-corrected chi connectivity index (χ4v) is 3.43. The summed E-state index contributed by atoms with van der Waals surface area (Å²) in [5.74, 6) is -0.0519. The second kappa shape index (κ2) is 8.66. The number of ether oxygens (including phenoxy) is 1. The van der Waals surface area contributed by atoms with Crippen LogP contribution in [0.25, 0.3) is 0 Å². The molecule has 136 valence electrons. The highest BCUT2D eigenvalue weighted by molar-refractivity contribution is 7.89. The highest BCUT2D eigenvalue weighted by Crippen LogP contribution is 2.22. The van der Waals surface area contributed by atoms with E-state index in [2.05, 4.69) is 17.1 Å². The second-order valence-electron chi connectivity index (χ2n) is 5.54. The number of carbonyl (C=O) groups is 1. The van der Waals surface area contributed by atoms with Crippen LogP contribution < -0.4 is 15.2 Å². The molecule has 2 rings (SSSR count). The van der Waals surface area contributed by atoms with Gasteiger partial charge in [0.1, 0.15) is 5.75 Å². The van der Waals surface area contributed by atoms with Crippen molar-refractivity contribution in [1.82, 2.24) is 10.2 Å². The molecule has 1 saturated heterocycles. The Balaban J connectivity index is 0.00000288. The van der Waals surface area contributed by atoms with Crippen LogP contribution in [0, 0.1) is 0 Å². The molecule has 0 saturated carbocycles. The molecule has 7 nitrogen and oxygen atoms in total. The molecule has 1 heterocycles. The molecule has 1 aromatic rings. The molecular weight excluding hydrogens is 354 g/mol. The van der Waals surface area contributed by atoms with Crippen molar-refractivity contribution in [3.63, 3.8) is 0 Å². The molecule has 0 radical (unpaired) electrons. The Morgan fingerprint density at radius 3 is 2.75 bits per heavy atom.